The van der Waals surface area contributed by atoms with E-state index in [0.29, 0.717) is 0 Å². The van der Waals surface area contributed by atoms with Gasteiger partial charge in [-0.2, -0.15) is 0 Å². The first kappa shape index (κ1) is 14.3. The summed E-state index contributed by atoms with van der Waals surface area (Å²) in [4.78, 5) is 4.70. The van der Waals surface area contributed by atoms with Crippen LogP contribution in [-0.2, 0) is 12.8 Å². The first-order valence-corrected chi connectivity index (χ1v) is 7.71. The van der Waals surface area contributed by atoms with E-state index in [1.807, 2.05) is 13.0 Å². The first-order chi connectivity index (χ1) is 9.11. The maximum absolute atomic E-state index is 9.08. The molecule has 0 aliphatic heterocycles. The smallest absolute Gasteiger partial charge is 0.125 e. The SMILES string of the molecule is CC(CO)CSc1nc2c(cc1C(=N)N)CCCC2. The summed E-state index contributed by atoms with van der Waals surface area (Å²) in [7, 11) is 0. The summed E-state index contributed by atoms with van der Waals surface area (Å²) in [5.74, 6) is 1.10. The van der Waals surface area contributed by atoms with Gasteiger partial charge in [0, 0.05) is 23.6 Å². The predicted octanol–water partition coefficient (Wildman–Crippen LogP) is 1.96. The zero-order valence-electron chi connectivity index (χ0n) is 11.3. The van der Waals surface area contributed by atoms with Crippen molar-refractivity contribution in [3.8, 4) is 0 Å². The summed E-state index contributed by atoms with van der Waals surface area (Å²) in [5.41, 5.74) is 8.82. The van der Waals surface area contributed by atoms with Gasteiger partial charge in [-0.25, -0.2) is 4.98 Å². The van der Waals surface area contributed by atoms with Crippen molar-refractivity contribution in [2.45, 2.75) is 37.6 Å². The lowest BCUT2D eigenvalue weighted by molar-refractivity contribution is 0.250. The van der Waals surface area contributed by atoms with Crippen LogP contribution < -0.4 is 5.73 Å². The number of rotatable bonds is 5. The standard InChI is InChI=1S/C14H21N3OS/c1-9(7-18)8-19-14-11(13(15)16)6-10-4-2-3-5-12(10)17-14/h6,9,18H,2-5,7-8H2,1H3,(H3,15,16). The highest BCUT2D eigenvalue weighted by Gasteiger charge is 2.17. The Morgan fingerprint density at radius 3 is 2.95 bits per heavy atom. The van der Waals surface area contributed by atoms with Crippen LogP contribution in [0.3, 0.4) is 0 Å². The van der Waals surface area contributed by atoms with Gasteiger partial charge in [0.25, 0.3) is 0 Å². The summed E-state index contributed by atoms with van der Waals surface area (Å²) < 4.78 is 0. The molecule has 104 valence electrons. The van der Waals surface area contributed by atoms with E-state index < -0.39 is 0 Å². The van der Waals surface area contributed by atoms with Crippen molar-refractivity contribution in [3.63, 3.8) is 0 Å². The number of amidine groups is 1. The van der Waals surface area contributed by atoms with Crippen LogP contribution in [0.4, 0.5) is 0 Å². The molecule has 1 aromatic rings. The lowest BCUT2D eigenvalue weighted by Crippen LogP contribution is -2.17. The number of nitrogens with one attached hydrogen (secondary N) is 1. The Balaban J connectivity index is 2.26. The van der Waals surface area contributed by atoms with Crippen LogP contribution in [0.25, 0.3) is 0 Å². The van der Waals surface area contributed by atoms with Gasteiger partial charge in [-0.1, -0.05) is 6.92 Å². The summed E-state index contributed by atoms with van der Waals surface area (Å²) >= 11 is 1.59. The van der Waals surface area contributed by atoms with E-state index >= 15 is 0 Å². The summed E-state index contributed by atoms with van der Waals surface area (Å²) in [6.45, 7) is 2.17. The molecule has 4 nitrogen and oxygen atoms in total. The Kier molecular flexibility index (Phi) is 4.82. The number of pyridine rings is 1. The molecule has 0 fully saturated rings. The minimum absolute atomic E-state index is 0.0834. The van der Waals surface area contributed by atoms with Crippen molar-refractivity contribution in [3.05, 3.63) is 22.9 Å². The third kappa shape index (κ3) is 3.48. The number of nitrogens with two attached hydrogens (primary N) is 1. The normalized spacial score (nSPS) is 15.9. The van der Waals surface area contributed by atoms with Gasteiger partial charge >= 0.3 is 0 Å². The molecular formula is C14H21N3OS. The van der Waals surface area contributed by atoms with Gasteiger partial charge < -0.3 is 10.8 Å². The zero-order valence-corrected chi connectivity index (χ0v) is 12.1. The van der Waals surface area contributed by atoms with Crippen LogP contribution in [0, 0.1) is 11.3 Å². The minimum atomic E-state index is 0.0834. The van der Waals surface area contributed by atoms with Crippen molar-refractivity contribution >= 4 is 17.6 Å². The second-order valence-electron chi connectivity index (χ2n) is 5.17. The third-order valence-electron chi connectivity index (χ3n) is 3.37. The van der Waals surface area contributed by atoms with Gasteiger partial charge in [-0.3, -0.25) is 5.41 Å². The Labute approximate surface area is 118 Å². The number of aryl methyl sites for hydroxylation is 2. The number of aliphatic hydroxyl groups is 1. The van der Waals surface area contributed by atoms with Gasteiger partial charge in [0.2, 0.25) is 0 Å². The average Bonchev–Trinajstić information content (AvgIpc) is 2.43. The van der Waals surface area contributed by atoms with E-state index in [1.165, 1.54) is 18.4 Å². The molecule has 0 saturated carbocycles. The van der Waals surface area contributed by atoms with Crippen molar-refractivity contribution in [1.29, 1.82) is 5.41 Å². The Hall–Kier alpha value is -1.07. The Bertz CT molecular complexity index is 476. The molecule has 0 radical (unpaired) electrons. The van der Waals surface area contributed by atoms with Crippen LogP contribution in [-0.4, -0.2) is 28.3 Å². The first-order valence-electron chi connectivity index (χ1n) is 6.72. The van der Waals surface area contributed by atoms with Crippen molar-refractivity contribution in [2.24, 2.45) is 11.7 Å². The van der Waals surface area contributed by atoms with E-state index in [9.17, 15) is 0 Å². The average molecular weight is 279 g/mol. The van der Waals surface area contributed by atoms with Gasteiger partial charge in [0.15, 0.2) is 0 Å². The molecular weight excluding hydrogens is 258 g/mol. The predicted molar refractivity (Wildman–Crippen MR) is 78.9 cm³/mol. The molecule has 5 heteroatoms. The number of aromatic nitrogens is 1. The fraction of sp³-hybridized carbons (Fsp3) is 0.571. The zero-order chi connectivity index (χ0) is 13.8. The van der Waals surface area contributed by atoms with E-state index in [0.717, 1.165) is 34.9 Å². The van der Waals surface area contributed by atoms with Gasteiger partial charge in [0.1, 0.15) is 10.9 Å². The molecule has 1 unspecified atom stereocenters. The van der Waals surface area contributed by atoms with E-state index in [-0.39, 0.29) is 18.4 Å². The van der Waals surface area contributed by atoms with Crippen molar-refractivity contribution < 1.29 is 5.11 Å². The molecule has 0 bridgehead atoms. The molecule has 1 aliphatic rings. The van der Waals surface area contributed by atoms with Gasteiger partial charge in [-0.05, 0) is 43.2 Å². The summed E-state index contributed by atoms with van der Waals surface area (Å²) in [5, 5.41) is 17.6. The molecule has 1 atom stereocenters. The van der Waals surface area contributed by atoms with Crippen molar-refractivity contribution in [2.75, 3.05) is 12.4 Å². The molecule has 19 heavy (non-hydrogen) atoms. The number of hydrogen-bond acceptors (Lipinski definition) is 4. The molecule has 4 N–H and O–H groups in total. The Morgan fingerprint density at radius 1 is 1.53 bits per heavy atom. The van der Waals surface area contributed by atoms with Crippen molar-refractivity contribution in [1.82, 2.24) is 4.98 Å². The molecule has 2 rings (SSSR count). The number of thioether (sulfide) groups is 1. The molecule has 0 spiro atoms. The largest absolute Gasteiger partial charge is 0.396 e. The number of hydrogen-bond donors (Lipinski definition) is 3. The molecule has 0 saturated heterocycles. The Morgan fingerprint density at radius 2 is 2.26 bits per heavy atom. The van der Waals surface area contributed by atoms with Crippen LogP contribution in [0.1, 0.15) is 36.6 Å². The fourth-order valence-corrected chi connectivity index (χ4v) is 3.24. The highest BCUT2D eigenvalue weighted by molar-refractivity contribution is 7.99. The molecule has 1 aromatic heterocycles. The molecule has 1 heterocycles. The fourth-order valence-electron chi connectivity index (χ4n) is 2.19. The highest BCUT2D eigenvalue weighted by atomic mass is 32.2. The highest BCUT2D eigenvalue weighted by Crippen LogP contribution is 2.28. The van der Waals surface area contributed by atoms with Gasteiger partial charge in [0.05, 0.1) is 0 Å². The second-order valence-corrected chi connectivity index (χ2v) is 6.18. The maximum Gasteiger partial charge on any atom is 0.125 e. The topological polar surface area (TPSA) is 83.0 Å². The van der Waals surface area contributed by atoms with Crippen LogP contribution in [0.15, 0.2) is 11.1 Å². The summed E-state index contributed by atoms with van der Waals surface area (Å²) in [6.07, 6.45) is 4.45. The monoisotopic (exact) mass is 279 g/mol. The number of aliphatic hydroxyl groups excluding tert-OH is 1. The van der Waals surface area contributed by atoms with Crippen LogP contribution in [0.2, 0.25) is 0 Å². The molecule has 0 amide bonds. The maximum atomic E-state index is 9.08. The lowest BCUT2D eigenvalue weighted by Gasteiger charge is -2.18. The minimum Gasteiger partial charge on any atom is -0.396 e. The van der Waals surface area contributed by atoms with E-state index in [4.69, 9.17) is 21.2 Å². The third-order valence-corrected chi connectivity index (χ3v) is 4.69. The molecule has 1 aliphatic carbocycles. The number of nitrogen functional groups attached to an aromatic ring is 1. The van der Waals surface area contributed by atoms with Crippen LogP contribution in [0.5, 0.6) is 0 Å². The number of fused-ring (bicyclic) bond motifs is 1. The summed E-state index contributed by atoms with van der Waals surface area (Å²) in [6, 6.07) is 2.04. The van der Waals surface area contributed by atoms with E-state index in [2.05, 4.69) is 0 Å². The quantitative estimate of drug-likeness (QED) is 0.437. The van der Waals surface area contributed by atoms with Gasteiger partial charge in [-0.15, -0.1) is 11.8 Å². The van der Waals surface area contributed by atoms with E-state index in [1.54, 1.807) is 11.8 Å². The van der Waals surface area contributed by atoms with Crippen LogP contribution >= 0.6 is 11.8 Å². The second kappa shape index (κ2) is 6.39. The molecule has 0 aromatic carbocycles. The number of nitrogens with zero attached hydrogens (tertiary/aromatic N) is 1. The lowest BCUT2D eigenvalue weighted by atomic mass is 9.95.